The smallest absolute Gasteiger partial charge is 0.229 e. The lowest BCUT2D eigenvalue weighted by atomic mass is 10.0. The van der Waals surface area contributed by atoms with Crippen molar-refractivity contribution in [3.05, 3.63) is 75.2 Å². The summed E-state index contributed by atoms with van der Waals surface area (Å²) in [6, 6.07) is 16.9. The normalized spacial score (nSPS) is 19.2. The number of thiocarbonyl (C=S) groups is 1. The molecule has 1 aromatic carbocycles. The van der Waals surface area contributed by atoms with Crippen molar-refractivity contribution in [2.45, 2.75) is 12.1 Å². The van der Waals surface area contributed by atoms with Gasteiger partial charge in [-0.3, -0.25) is 9.71 Å². The van der Waals surface area contributed by atoms with E-state index in [-0.39, 0.29) is 12.1 Å². The molecule has 150 valence electrons. The van der Waals surface area contributed by atoms with Gasteiger partial charge in [-0.1, -0.05) is 6.07 Å². The number of anilines is 2. The molecular weight excluding hydrogens is 492 g/mol. The summed E-state index contributed by atoms with van der Waals surface area (Å²) in [5.41, 5.74) is 2.28. The average molecular weight is 509 g/mol. The number of aromatic nitrogens is 1. The van der Waals surface area contributed by atoms with Crippen LogP contribution in [0.15, 0.2) is 64.6 Å². The van der Waals surface area contributed by atoms with Crippen LogP contribution in [0.25, 0.3) is 0 Å². The minimum Gasteiger partial charge on any atom is -0.351 e. The van der Waals surface area contributed by atoms with Gasteiger partial charge in [0.1, 0.15) is 0 Å². The highest BCUT2D eigenvalue weighted by Crippen LogP contribution is 2.44. The molecule has 0 aliphatic carbocycles. The number of nitrogens with zero attached hydrogens (tertiary/aromatic N) is 2. The quantitative estimate of drug-likeness (QED) is 0.495. The maximum Gasteiger partial charge on any atom is 0.229 e. The lowest BCUT2D eigenvalue weighted by molar-refractivity contribution is 0.575. The summed E-state index contributed by atoms with van der Waals surface area (Å²) in [4.78, 5) is 7.72. The van der Waals surface area contributed by atoms with Gasteiger partial charge in [0.2, 0.25) is 10.0 Å². The first-order valence-corrected chi connectivity index (χ1v) is 12.6. The van der Waals surface area contributed by atoms with Crippen LogP contribution >= 0.6 is 39.5 Å². The Hall–Kier alpha value is -2.01. The number of pyridine rings is 1. The number of benzene rings is 1. The molecule has 4 rings (SSSR count). The SMILES string of the molecule is CS(=O)(=O)Nc1ccc(N2C(=S)N[C@@H](c3ccccn3)[C@H]2c2ccc(Br)s2)cc1. The molecule has 0 saturated carbocycles. The molecule has 3 aromatic rings. The molecular formula is C19H17BrN4O2S3. The molecule has 29 heavy (non-hydrogen) atoms. The van der Waals surface area contributed by atoms with Crippen molar-refractivity contribution < 1.29 is 8.42 Å². The van der Waals surface area contributed by atoms with Crippen LogP contribution in [0.3, 0.4) is 0 Å². The van der Waals surface area contributed by atoms with Gasteiger partial charge in [0.05, 0.1) is 27.8 Å². The standard InChI is InChI=1S/C19H17BrN4O2S3/c1-29(25,26)23-12-5-7-13(8-6-12)24-18(15-9-10-16(20)28-15)17(22-19(24)27)14-4-2-3-11-21-14/h2-11,17-18,23H,1H3,(H,22,27)/t17-,18+/m0/s1. The predicted octanol–water partition coefficient (Wildman–Crippen LogP) is 4.45. The van der Waals surface area contributed by atoms with E-state index in [1.54, 1.807) is 29.7 Å². The summed E-state index contributed by atoms with van der Waals surface area (Å²) in [7, 11) is -3.33. The Morgan fingerprint density at radius 2 is 1.93 bits per heavy atom. The zero-order chi connectivity index (χ0) is 20.6. The summed E-state index contributed by atoms with van der Waals surface area (Å²) in [5.74, 6) is 0. The van der Waals surface area contributed by atoms with Crippen molar-refractivity contribution in [3.8, 4) is 0 Å². The Balaban J connectivity index is 1.73. The molecule has 0 unspecified atom stereocenters. The topological polar surface area (TPSA) is 74.3 Å². The van der Waals surface area contributed by atoms with Gasteiger partial charge in [-0.05, 0) is 76.7 Å². The lowest BCUT2D eigenvalue weighted by Crippen LogP contribution is -2.29. The number of halogens is 1. The van der Waals surface area contributed by atoms with Crippen molar-refractivity contribution in [3.63, 3.8) is 0 Å². The fourth-order valence-electron chi connectivity index (χ4n) is 3.31. The molecule has 1 aliphatic rings. The number of sulfonamides is 1. The first-order chi connectivity index (χ1) is 13.8. The molecule has 0 radical (unpaired) electrons. The summed E-state index contributed by atoms with van der Waals surface area (Å²) >= 11 is 10.9. The second kappa shape index (κ2) is 8.02. The molecule has 2 aromatic heterocycles. The highest BCUT2D eigenvalue weighted by Gasteiger charge is 2.41. The van der Waals surface area contributed by atoms with Crippen LogP contribution in [0.1, 0.15) is 22.7 Å². The molecule has 2 N–H and O–H groups in total. The largest absolute Gasteiger partial charge is 0.351 e. The minimum atomic E-state index is -3.33. The van der Waals surface area contributed by atoms with Crippen LogP contribution in [0, 0.1) is 0 Å². The predicted molar refractivity (Wildman–Crippen MR) is 125 cm³/mol. The number of hydrogen-bond donors (Lipinski definition) is 2. The number of nitrogens with one attached hydrogen (secondary N) is 2. The van der Waals surface area contributed by atoms with E-state index in [9.17, 15) is 8.42 Å². The third-order valence-electron chi connectivity index (χ3n) is 4.43. The Morgan fingerprint density at radius 1 is 1.17 bits per heavy atom. The molecule has 6 nitrogen and oxygen atoms in total. The summed E-state index contributed by atoms with van der Waals surface area (Å²) in [5, 5.41) is 4.00. The van der Waals surface area contributed by atoms with E-state index in [0.29, 0.717) is 10.8 Å². The number of thiophene rings is 1. The Bertz CT molecular complexity index is 1130. The zero-order valence-electron chi connectivity index (χ0n) is 15.2. The van der Waals surface area contributed by atoms with Crippen molar-refractivity contribution in [1.29, 1.82) is 0 Å². The van der Waals surface area contributed by atoms with Crippen molar-refractivity contribution in [2.24, 2.45) is 0 Å². The lowest BCUT2D eigenvalue weighted by Gasteiger charge is -2.27. The monoisotopic (exact) mass is 508 g/mol. The highest BCUT2D eigenvalue weighted by atomic mass is 79.9. The van der Waals surface area contributed by atoms with E-state index in [1.165, 1.54) is 0 Å². The van der Waals surface area contributed by atoms with Crippen molar-refractivity contribution in [1.82, 2.24) is 10.3 Å². The van der Waals surface area contributed by atoms with Gasteiger partial charge >= 0.3 is 0 Å². The summed E-state index contributed by atoms with van der Waals surface area (Å²) < 4.78 is 26.5. The molecule has 1 fully saturated rings. The second-order valence-electron chi connectivity index (χ2n) is 6.56. The Morgan fingerprint density at radius 3 is 2.52 bits per heavy atom. The molecule has 0 amide bonds. The van der Waals surface area contributed by atoms with E-state index in [4.69, 9.17) is 12.2 Å². The van der Waals surface area contributed by atoms with Crippen LogP contribution in [0.4, 0.5) is 11.4 Å². The van der Waals surface area contributed by atoms with Gasteiger partial charge in [-0.15, -0.1) is 11.3 Å². The first kappa shape index (κ1) is 20.3. The molecule has 0 spiro atoms. The zero-order valence-corrected chi connectivity index (χ0v) is 19.3. The van der Waals surface area contributed by atoms with Crippen molar-refractivity contribution in [2.75, 3.05) is 15.9 Å². The summed E-state index contributed by atoms with van der Waals surface area (Å²) in [6.45, 7) is 0. The van der Waals surface area contributed by atoms with Crippen LogP contribution in [-0.2, 0) is 10.0 Å². The van der Waals surface area contributed by atoms with Gasteiger partial charge in [0, 0.05) is 22.4 Å². The fraction of sp³-hybridized carbons (Fsp3) is 0.158. The molecule has 2 atom stereocenters. The van der Waals surface area contributed by atoms with Crippen LogP contribution in [-0.4, -0.2) is 24.8 Å². The third-order valence-corrected chi connectivity index (χ3v) is 7.05. The Labute approximate surface area is 187 Å². The van der Waals surface area contributed by atoms with Crippen LogP contribution in [0.2, 0.25) is 0 Å². The fourth-order valence-corrected chi connectivity index (χ4v) is 5.78. The van der Waals surface area contributed by atoms with E-state index < -0.39 is 10.0 Å². The van der Waals surface area contributed by atoms with E-state index in [0.717, 1.165) is 26.3 Å². The van der Waals surface area contributed by atoms with Crippen LogP contribution < -0.4 is 14.9 Å². The second-order valence-corrected chi connectivity index (χ2v) is 11.2. The van der Waals surface area contributed by atoms with Gasteiger partial charge in [-0.25, -0.2) is 8.42 Å². The van der Waals surface area contributed by atoms with Crippen molar-refractivity contribution >= 4 is 66.0 Å². The first-order valence-electron chi connectivity index (χ1n) is 8.65. The minimum absolute atomic E-state index is 0.0811. The number of rotatable bonds is 5. The molecule has 10 heteroatoms. The van der Waals surface area contributed by atoms with Gasteiger partial charge in [0.25, 0.3) is 0 Å². The van der Waals surface area contributed by atoms with Crippen LogP contribution in [0.5, 0.6) is 0 Å². The molecule has 1 saturated heterocycles. The summed E-state index contributed by atoms with van der Waals surface area (Å²) in [6.07, 6.45) is 2.90. The molecule has 1 aliphatic heterocycles. The van der Waals surface area contributed by atoms with Gasteiger partial charge in [-0.2, -0.15) is 0 Å². The molecule has 0 bridgehead atoms. The maximum absolute atomic E-state index is 11.5. The third kappa shape index (κ3) is 4.45. The average Bonchev–Trinajstić information content (AvgIpc) is 3.25. The number of hydrogen-bond acceptors (Lipinski definition) is 5. The van der Waals surface area contributed by atoms with Gasteiger partial charge < -0.3 is 10.2 Å². The highest BCUT2D eigenvalue weighted by molar-refractivity contribution is 9.11. The molecule has 3 heterocycles. The van der Waals surface area contributed by atoms with Gasteiger partial charge in [0.15, 0.2) is 5.11 Å². The Kier molecular flexibility index (Phi) is 5.60. The maximum atomic E-state index is 11.5. The van der Waals surface area contributed by atoms with E-state index in [2.05, 4.69) is 41.9 Å². The van der Waals surface area contributed by atoms with E-state index in [1.807, 2.05) is 36.4 Å². The van der Waals surface area contributed by atoms with E-state index >= 15 is 0 Å².